The average molecular weight is 795 g/mol. The van der Waals surface area contributed by atoms with Crippen LogP contribution >= 0.6 is 0 Å². The van der Waals surface area contributed by atoms with Gasteiger partial charge in [-0.2, -0.15) is 8.42 Å². The zero-order valence-corrected chi connectivity index (χ0v) is 34.6. The van der Waals surface area contributed by atoms with E-state index < -0.39 is 59.8 Å². The van der Waals surface area contributed by atoms with Crippen LogP contribution in [0.5, 0.6) is 0 Å². The fraction of sp³-hybridized carbons (Fsp3) is 0.927. The molecule has 0 aliphatic carbocycles. The number of aliphatic hydroxyl groups excluding tert-OH is 3. The standard InChI is InChI=1S/C41H78O12S/c1-3-5-7-9-11-13-15-17-18-19-20-22-24-26-28-30-37(43)51-35(33-49-31-29-27-25-23-21-16-14-12-10-8-6-4-2)34-50-41-39(45)40(53-54(46,47)48)38(44)36(32-42)52-41/h10,12,35-36,38-42,44-45H,3-9,11,13-34H2,1-2H3,(H,46,47,48)/b12-10-. The fourth-order valence-corrected chi connectivity index (χ4v) is 7.10. The highest BCUT2D eigenvalue weighted by atomic mass is 32.3. The Morgan fingerprint density at radius 3 is 1.72 bits per heavy atom. The van der Waals surface area contributed by atoms with Gasteiger partial charge in [0.25, 0.3) is 0 Å². The Hall–Kier alpha value is -1.16. The minimum absolute atomic E-state index is 0.0365. The molecule has 0 saturated carbocycles. The number of hydrogen-bond acceptors (Lipinski definition) is 11. The van der Waals surface area contributed by atoms with Gasteiger partial charge in [0.1, 0.15) is 30.5 Å². The van der Waals surface area contributed by atoms with E-state index in [1.54, 1.807) is 0 Å². The van der Waals surface area contributed by atoms with Crippen molar-refractivity contribution in [1.29, 1.82) is 0 Å². The normalized spacial score (nSPS) is 21.2. The minimum Gasteiger partial charge on any atom is -0.457 e. The molecule has 12 nitrogen and oxygen atoms in total. The molecule has 1 heterocycles. The number of carbonyl (C=O) groups is 1. The number of aliphatic hydroxyl groups is 3. The Balaban J connectivity index is 2.45. The summed E-state index contributed by atoms with van der Waals surface area (Å²) < 4.78 is 58.9. The zero-order valence-electron chi connectivity index (χ0n) is 33.8. The van der Waals surface area contributed by atoms with E-state index in [1.165, 1.54) is 109 Å². The van der Waals surface area contributed by atoms with Crippen LogP contribution in [0.1, 0.15) is 181 Å². The van der Waals surface area contributed by atoms with Gasteiger partial charge < -0.3 is 34.3 Å². The van der Waals surface area contributed by atoms with E-state index >= 15 is 0 Å². The lowest BCUT2D eigenvalue weighted by molar-refractivity contribution is -0.301. The molecule has 0 spiro atoms. The van der Waals surface area contributed by atoms with Crippen molar-refractivity contribution >= 4 is 16.4 Å². The lowest BCUT2D eigenvalue weighted by Crippen LogP contribution is -2.60. The summed E-state index contributed by atoms with van der Waals surface area (Å²) >= 11 is 0. The molecular formula is C41H78O12S. The van der Waals surface area contributed by atoms with E-state index in [1.807, 2.05) is 0 Å². The van der Waals surface area contributed by atoms with E-state index in [-0.39, 0.29) is 19.6 Å². The molecule has 6 unspecified atom stereocenters. The van der Waals surface area contributed by atoms with Crippen LogP contribution in [0.4, 0.5) is 0 Å². The maximum atomic E-state index is 12.8. The van der Waals surface area contributed by atoms with Crippen molar-refractivity contribution in [2.24, 2.45) is 0 Å². The summed E-state index contributed by atoms with van der Waals surface area (Å²) in [6.07, 6.45) is 25.3. The predicted octanol–water partition coefficient (Wildman–Crippen LogP) is 8.30. The SMILES string of the molecule is CCCC/C=C\CCCCCCCCOCC(COC1OC(CO)C(O)C(OS(=O)(=O)O)C1O)OC(=O)CCCCCCCCCCCCCCCCC. The topological polar surface area (TPSA) is 178 Å². The Bertz CT molecular complexity index is 1010. The molecule has 4 N–H and O–H groups in total. The lowest BCUT2D eigenvalue weighted by atomic mass is 9.99. The Labute approximate surface area is 328 Å². The van der Waals surface area contributed by atoms with Crippen molar-refractivity contribution in [1.82, 2.24) is 0 Å². The number of rotatable bonds is 37. The third-order valence-corrected chi connectivity index (χ3v) is 10.4. The van der Waals surface area contributed by atoms with Crippen LogP contribution in [-0.4, -0.2) is 97.5 Å². The largest absolute Gasteiger partial charge is 0.457 e. The molecule has 54 heavy (non-hydrogen) atoms. The maximum absolute atomic E-state index is 12.8. The van der Waals surface area contributed by atoms with Crippen molar-refractivity contribution < 1.29 is 56.2 Å². The summed E-state index contributed by atoms with van der Waals surface area (Å²) in [5.41, 5.74) is 0. The molecule has 1 aliphatic heterocycles. The first-order valence-electron chi connectivity index (χ1n) is 21.4. The van der Waals surface area contributed by atoms with Gasteiger partial charge in [-0.05, 0) is 32.1 Å². The number of ether oxygens (including phenoxy) is 4. The third kappa shape index (κ3) is 27.4. The summed E-state index contributed by atoms with van der Waals surface area (Å²) in [6, 6.07) is 0. The van der Waals surface area contributed by atoms with Crippen LogP contribution in [0, 0.1) is 0 Å². The minimum atomic E-state index is -5.05. The molecule has 0 aromatic rings. The van der Waals surface area contributed by atoms with Crippen LogP contribution in [0.2, 0.25) is 0 Å². The molecule has 0 radical (unpaired) electrons. The number of carbonyl (C=O) groups excluding carboxylic acids is 1. The second-order valence-corrected chi connectivity index (χ2v) is 16.0. The highest BCUT2D eigenvalue weighted by Crippen LogP contribution is 2.26. The summed E-state index contributed by atoms with van der Waals surface area (Å²) in [5.74, 6) is -0.400. The molecule has 0 bridgehead atoms. The van der Waals surface area contributed by atoms with Gasteiger partial charge in [-0.15, -0.1) is 0 Å². The summed E-state index contributed by atoms with van der Waals surface area (Å²) in [6.45, 7) is 3.95. The van der Waals surface area contributed by atoms with E-state index in [4.69, 9.17) is 23.5 Å². The Kier molecular flexibility index (Phi) is 32.0. The van der Waals surface area contributed by atoms with Crippen LogP contribution in [0.25, 0.3) is 0 Å². The zero-order chi connectivity index (χ0) is 39.7. The quantitative estimate of drug-likeness (QED) is 0.0205. The third-order valence-electron chi connectivity index (χ3n) is 9.89. The molecule has 1 saturated heterocycles. The molecule has 320 valence electrons. The number of esters is 1. The first kappa shape index (κ1) is 50.9. The molecule has 0 amide bonds. The highest BCUT2D eigenvalue weighted by molar-refractivity contribution is 7.80. The van der Waals surface area contributed by atoms with E-state index in [2.05, 4.69) is 30.2 Å². The lowest BCUT2D eigenvalue weighted by Gasteiger charge is -2.41. The molecule has 0 aromatic heterocycles. The van der Waals surface area contributed by atoms with Crippen molar-refractivity contribution in [3.05, 3.63) is 12.2 Å². The Morgan fingerprint density at radius 1 is 0.685 bits per heavy atom. The maximum Gasteiger partial charge on any atom is 0.397 e. The smallest absolute Gasteiger partial charge is 0.397 e. The van der Waals surface area contributed by atoms with Gasteiger partial charge >= 0.3 is 16.4 Å². The van der Waals surface area contributed by atoms with E-state index in [9.17, 15) is 28.5 Å². The van der Waals surface area contributed by atoms with Gasteiger partial charge in [0.2, 0.25) is 0 Å². The molecule has 1 rings (SSSR count). The molecule has 6 atom stereocenters. The van der Waals surface area contributed by atoms with Crippen LogP contribution in [-0.2, 0) is 38.3 Å². The van der Waals surface area contributed by atoms with Crippen molar-refractivity contribution in [2.75, 3.05) is 26.4 Å². The van der Waals surface area contributed by atoms with Crippen LogP contribution in [0.15, 0.2) is 12.2 Å². The number of hydrogen-bond donors (Lipinski definition) is 4. The highest BCUT2D eigenvalue weighted by Gasteiger charge is 2.48. The van der Waals surface area contributed by atoms with Gasteiger partial charge in [0, 0.05) is 13.0 Å². The van der Waals surface area contributed by atoms with E-state index in [0.29, 0.717) is 13.0 Å². The monoisotopic (exact) mass is 795 g/mol. The van der Waals surface area contributed by atoms with Crippen LogP contribution in [0.3, 0.4) is 0 Å². The molecular weight excluding hydrogens is 717 g/mol. The molecule has 1 aliphatic rings. The van der Waals surface area contributed by atoms with Crippen molar-refractivity contribution in [3.8, 4) is 0 Å². The van der Waals surface area contributed by atoms with E-state index in [0.717, 1.165) is 44.9 Å². The fourth-order valence-electron chi connectivity index (χ4n) is 6.59. The first-order valence-corrected chi connectivity index (χ1v) is 22.8. The predicted molar refractivity (Wildman–Crippen MR) is 211 cm³/mol. The molecule has 1 fully saturated rings. The van der Waals surface area contributed by atoms with Gasteiger partial charge in [0.15, 0.2) is 6.29 Å². The summed E-state index contributed by atoms with van der Waals surface area (Å²) in [7, 11) is -5.05. The van der Waals surface area contributed by atoms with Gasteiger partial charge in [-0.3, -0.25) is 9.35 Å². The summed E-state index contributed by atoms with van der Waals surface area (Å²) in [5, 5.41) is 30.6. The van der Waals surface area contributed by atoms with Crippen molar-refractivity contribution in [3.63, 3.8) is 0 Å². The van der Waals surface area contributed by atoms with Gasteiger partial charge in [-0.1, -0.05) is 154 Å². The number of unbranched alkanes of at least 4 members (excludes halogenated alkanes) is 22. The van der Waals surface area contributed by atoms with Crippen molar-refractivity contribution in [2.45, 2.75) is 218 Å². The number of allylic oxidation sites excluding steroid dienone is 2. The molecule has 0 aromatic carbocycles. The van der Waals surface area contributed by atoms with Gasteiger partial charge in [0.05, 0.1) is 19.8 Å². The second kappa shape index (κ2) is 33.9. The summed E-state index contributed by atoms with van der Waals surface area (Å²) in [4.78, 5) is 12.8. The average Bonchev–Trinajstić information content (AvgIpc) is 3.14. The van der Waals surface area contributed by atoms with Gasteiger partial charge in [-0.25, -0.2) is 4.18 Å². The van der Waals surface area contributed by atoms with Crippen LogP contribution < -0.4 is 0 Å². The first-order chi connectivity index (χ1) is 26.1. The Morgan fingerprint density at radius 2 is 1.19 bits per heavy atom. The molecule has 13 heteroatoms. The second-order valence-electron chi connectivity index (χ2n) is 14.9.